The number of aliphatic imine (C=N–C) groups is 1. The second-order valence-electron chi connectivity index (χ2n) is 6.54. The molecule has 0 N–H and O–H groups in total. The smallest absolute Gasteiger partial charge is 0.248 e. The van der Waals surface area contributed by atoms with Crippen LogP contribution in [0.4, 0.5) is 5.69 Å². The van der Waals surface area contributed by atoms with Crippen molar-refractivity contribution in [3.05, 3.63) is 29.3 Å². The Morgan fingerprint density at radius 3 is 2.83 bits per heavy atom. The minimum absolute atomic E-state index is 0.0779. The lowest BCUT2D eigenvalue weighted by atomic mass is 10.1. The number of halogens is 1. The average molecular weight is 387 g/mol. The summed E-state index contributed by atoms with van der Waals surface area (Å²) in [6, 6.07) is 7.01. The lowest BCUT2D eigenvalue weighted by Gasteiger charge is -2.24. The highest BCUT2D eigenvalue weighted by atomic mass is 35.5. The van der Waals surface area contributed by atoms with E-state index >= 15 is 0 Å². The zero-order chi connectivity index (χ0) is 17.5. The fourth-order valence-corrected chi connectivity index (χ4v) is 7.11. The first-order valence-electron chi connectivity index (χ1n) is 7.78. The molecule has 2 fully saturated rings. The summed E-state index contributed by atoms with van der Waals surface area (Å²) in [5, 5.41) is 1.04. The molecule has 1 aromatic rings. The maximum atomic E-state index is 12.1. The van der Waals surface area contributed by atoms with Crippen LogP contribution in [0.3, 0.4) is 0 Å². The summed E-state index contributed by atoms with van der Waals surface area (Å²) in [6.45, 7) is 3.94. The standard InChI is InChI=1S/C16H19ClN2O3S2/c1-10(2)6-15(20)18-16-19(12-5-3-4-11(17)7-12)13-8-24(21,22)9-14(13)23-16/h3-5,7,10,13-14H,6,8-9H2,1-2H3/t13-,14-/m0/s1. The molecular weight excluding hydrogens is 368 g/mol. The van der Waals surface area contributed by atoms with Crippen LogP contribution in [0.25, 0.3) is 0 Å². The Hall–Kier alpha value is -1.05. The van der Waals surface area contributed by atoms with Gasteiger partial charge in [0.2, 0.25) is 5.91 Å². The predicted molar refractivity (Wildman–Crippen MR) is 99.6 cm³/mol. The molecule has 0 radical (unpaired) electrons. The number of benzene rings is 1. The van der Waals surface area contributed by atoms with Gasteiger partial charge in [-0.1, -0.05) is 43.3 Å². The normalized spacial score (nSPS) is 27.0. The highest BCUT2D eigenvalue weighted by molar-refractivity contribution is 8.16. The molecule has 0 saturated carbocycles. The molecular formula is C16H19ClN2O3S2. The van der Waals surface area contributed by atoms with Gasteiger partial charge in [-0.15, -0.1) is 0 Å². The van der Waals surface area contributed by atoms with Crippen molar-refractivity contribution >= 4 is 50.0 Å². The first-order valence-corrected chi connectivity index (χ1v) is 10.9. The van der Waals surface area contributed by atoms with E-state index in [-0.39, 0.29) is 34.6 Å². The van der Waals surface area contributed by atoms with Gasteiger partial charge in [-0.2, -0.15) is 4.99 Å². The van der Waals surface area contributed by atoms with Crippen molar-refractivity contribution in [3.63, 3.8) is 0 Å². The number of hydrogen-bond donors (Lipinski definition) is 0. The predicted octanol–water partition coefficient (Wildman–Crippen LogP) is 2.99. The fraction of sp³-hybridized carbons (Fsp3) is 0.500. The van der Waals surface area contributed by atoms with E-state index in [4.69, 9.17) is 11.6 Å². The third-order valence-corrected chi connectivity index (χ3v) is 7.40. The van der Waals surface area contributed by atoms with Crippen molar-refractivity contribution in [2.45, 2.75) is 31.6 Å². The molecule has 2 atom stereocenters. The second-order valence-corrected chi connectivity index (χ2v) is 10.3. The molecule has 0 spiro atoms. The lowest BCUT2D eigenvalue weighted by Crippen LogP contribution is -2.37. The first kappa shape index (κ1) is 17.8. The zero-order valence-electron chi connectivity index (χ0n) is 13.5. The second kappa shape index (κ2) is 6.69. The average Bonchev–Trinajstić information content (AvgIpc) is 2.88. The number of carbonyl (C=O) groups is 1. The zero-order valence-corrected chi connectivity index (χ0v) is 15.9. The maximum absolute atomic E-state index is 12.1. The molecule has 5 nitrogen and oxygen atoms in total. The molecule has 1 aromatic carbocycles. The van der Waals surface area contributed by atoms with E-state index in [2.05, 4.69) is 4.99 Å². The van der Waals surface area contributed by atoms with E-state index in [1.165, 1.54) is 11.8 Å². The maximum Gasteiger partial charge on any atom is 0.248 e. The van der Waals surface area contributed by atoms with Crippen molar-refractivity contribution in [3.8, 4) is 0 Å². The SMILES string of the molecule is CC(C)CC(=O)N=C1S[C@H]2CS(=O)(=O)C[C@@H]2N1c1cccc(Cl)c1. The number of sulfone groups is 1. The summed E-state index contributed by atoms with van der Waals surface area (Å²) in [4.78, 5) is 18.3. The Labute approximate surface area is 151 Å². The number of nitrogens with zero attached hydrogens (tertiary/aromatic N) is 2. The molecule has 2 aliphatic rings. The summed E-state index contributed by atoms with van der Waals surface area (Å²) in [5.74, 6) is 0.251. The number of rotatable bonds is 3. The lowest BCUT2D eigenvalue weighted by molar-refractivity contribution is -0.118. The Balaban J connectivity index is 1.97. The van der Waals surface area contributed by atoms with Crippen LogP contribution in [0, 0.1) is 5.92 Å². The first-order chi connectivity index (χ1) is 11.2. The van der Waals surface area contributed by atoms with E-state index in [0.29, 0.717) is 16.6 Å². The Morgan fingerprint density at radius 1 is 1.42 bits per heavy atom. The minimum Gasteiger partial charge on any atom is -0.316 e. The largest absolute Gasteiger partial charge is 0.316 e. The number of amidine groups is 1. The third kappa shape index (κ3) is 3.78. The highest BCUT2D eigenvalue weighted by Gasteiger charge is 2.49. The molecule has 0 aromatic heterocycles. The molecule has 24 heavy (non-hydrogen) atoms. The van der Waals surface area contributed by atoms with Crippen LogP contribution in [0.15, 0.2) is 29.3 Å². The Morgan fingerprint density at radius 2 is 2.17 bits per heavy atom. The van der Waals surface area contributed by atoms with Gasteiger partial charge < -0.3 is 4.90 Å². The molecule has 2 saturated heterocycles. The molecule has 2 aliphatic heterocycles. The van der Waals surface area contributed by atoms with Crippen LogP contribution in [-0.4, -0.2) is 42.3 Å². The number of hydrogen-bond acceptors (Lipinski definition) is 4. The summed E-state index contributed by atoms with van der Waals surface area (Å²) in [6.07, 6.45) is 0.376. The quantitative estimate of drug-likeness (QED) is 0.798. The van der Waals surface area contributed by atoms with E-state index in [9.17, 15) is 13.2 Å². The van der Waals surface area contributed by atoms with Gasteiger partial charge in [-0.05, 0) is 24.1 Å². The van der Waals surface area contributed by atoms with Gasteiger partial charge in [-0.25, -0.2) is 8.42 Å². The van der Waals surface area contributed by atoms with Crippen LogP contribution in [0.1, 0.15) is 20.3 Å². The van der Waals surface area contributed by atoms with Gasteiger partial charge in [0, 0.05) is 22.4 Å². The molecule has 0 unspecified atom stereocenters. The van der Waals surface area contributed by atoms with Gasteiger partial charge in [-0.3, -0.25) is 4.79 Å². The Kier molecular flexibility index (Phi) is 4.95. The molecule has 8 heteroatoms. The molecule has 2 heterocycles. The summed E-state index contributed by atoms with van der Waals surface area (Å²) in [7, 11) is -3.06. The van der Waals surface area contributed by atoms with Gasteiger partial charge >= 0.3 is 0 Å². The monoisotopic (exact) mass is 386 g/mol. The number of carbonyl (C=O) groups excluding carboxylic acids is 1. The van der Waals surface area contributed by atoms with Crippen molar-refractivity contribution < 1.29 is 13.2 Å². The van der Waals surface area contributed by atoms with Crippen LogP contribution in [0.5, 0.6) is 0 Å². The summed E-state index contributed by atoms with van der Waals surface area (Å²) in [5.41, 5.74) is 0.774. The minimum atomic E-state index is -3.06. The van der Waals surface area contributed by atoms with Gasteiger partial charge in [0.25, 0.3) is 0 Å². The number of amides is 1. The third-order valence-electron chi connectivity index (χ3n) is 3.96. The Bertz CT molecular complexity index is 792. The van der Waals surface area contributed by atoms with Crippen molar-refractivity contribution in [1.29, 1.82) is 0 Å². The van der Waals surface area contributed by atoms with E-state index in [0.717, 1.165) is 5.69 Å². The van der Waals surface area contributed by atoms with Crippen LogP contribution < -0.4 is 4.90 Å². The van der Waals surface area contributed by atoms with E-state index in [1.807, 2.05) is 30.9 Å². The van der Waals surface area contributed by atoms with Crippen LogP contribution >= 0.6 is 23.4 Å². The van der Waals surface area contributed by atoms with Gasteiger partial charge in [0.15, 0.2) is 15.0 Å². The van der Waals surface area contributed by atoms with Crippen LogP contribution in [0.2, 0.25) is 5.02 Å². The number of anilines is 1. The van der Waals surface area contributed by atoms with Crippen molar-refractivity contribution in [1.82, 2.24) is 0 Å². The number of fused-ring (bicyclic) bond motifs is 1. The number of thioether (sulfide) groups is 1. The summed E-state index contributed by atoms with van der Waals surface area (Å²) < 4.78 is 24.0. The van der Waals surface area contributed by atoms with Crippen molar-refractivity contribution in [2.24, 2.45) is 10.9 Å². The fourth-order valence-electron chi connectivity index (χ4n) is 2.99. The van der Waals surface area contributed by atoms with E-state index in [1.54, 1.807) is 12.1 Å². The molecule has 0 aliphatic carbocycles. The van der Waals surface area contributed by atoms with Gasteiger partial charge in [0.05, 0.1) is 17.5 Å². The molecule has 1 amide bonds. The van der Waals surface area contributed by atoms with E-state index < -0.39 is 9.84 Å². The highest BCUT2D eigenvalue weighted by Crippen LogP contribution is 2.41. The molecule has 0 bridgehead atoms. The van der Waals surface area contributed by atoms with Crippen LogP contribution in [-0.2, 0) is 14.6 Å². The van der Waals surface area contributed by atoms with Gasteiger partial charge in [0.1, 0.15) is 0 Å². The molecule has 130 valence electrons. The molecule has 3 rings (SSSR count). The van der Waals surface area contributed by atoms with Crippen molar-refractivity contribution in [2.75, 3.05) is 16.4 Å². The summed E-state index contributed by atoms with van der Waals surface area (Å²) >= 11 is 7.47. The topological polar surface area (TPSA) is 66.8 Å².